The SMILES string of the molecule is COc1cccc(N2C(=S)N[C@@H]3C[S+](=O)(O)C[C@H]32)c1. The largest absolute Gasteiger partial charge is 0.497 e. The maximum atomic E-state index is 11.8. The summed E-state index contributed by atoms with van der Waals surface area (Å²) in [4.78, 5) is 1.92. The van der Waals surface area contributed by atoms with Crippen LogP contribution < -0.4 is 15.0 Å². The monoisotopic (exact) mass is 299 g/mol. The Labute approximate surface area is 118 Å². The first kappa shape index (κ1) is 12.8. The van der Waals surface area contributed by atoms with Gasteiger partial charge in [-0.2, -0.15) is 4.55 Å². The highest BCUT2D eigenvalue weighted by molar-refractivity contribution is 7.98. The molecule has 2 fully saturated rings. The van der Waals surface area contributed by atoms with E-state index in [-0.39, 0.29) is 23.6 Å². The predicted octanol–water partition coefficient (Wildman–Crippen LogP) is 1.11. The summed E-state index contributed by atoms with van der Waals surface area (Å²) in [5.74, 6) is 1.26. The fourth-order valence-electron chi connectivity index (χ4n) is 2.68. The van der Waals surface area contributed by atoms with E-state index in [0.717, 1.165) is 11.4 Å². The first-order chi connectivity index (χ1) is 9.00. The molecule has 0 saturated carbocycles. The van der Waals surface area contributed by atoms with E-state index in [1.165, 1.54) is 0 Å². The number of nitrogens with zero attached hydrogens (tertiary/aromatic N) is 1. The van der Waals surface area contributed by atoms with Crippen LogP contribution in [0.5, 0.6) is 5.75 Å². The molecule has 2 aliphatic heterocycles. The van der Waals surface area contributed by atoms with Gasteiger partial charge in [0, 0.05) is 11.8 Å². The second-order valence-electron chi connectivity index (χ2n) is 4.80. The van der Waals surface area contributed by atoms with Crippen molar-refractivity contribution in [2.24, 2.45) is 0 Å². The highest BCUT2D eigenvalue weighted by Crippen LogP contribution is 2.32. The second kappa shape index (κ2) is 4.43. The summed E-state index contributed by atoms with van der Waals surface area (Å²) in [6.45, 7) is 0. The van der Waals surface area contributed by atoms with Crippen molar-refractivity contribution in [1.82, 2.24) is 5.32 Å². The van der Waals surface area contributed by atoms with Crippen LogP contribution in [0.3, 0.4) is 0 Å². The quantitative estimate of drug-likeness (QED) is 0.630. The van der Waals surface area contributed by atoms with Crippen LogP contribution in [-0.4, -0.2) is 40.4 Å². The maximum absolute atomic E-state index is 11.8. The zero-order valence-corrected chi connectivity index (χ0v) is 12.0. The van der Waals surface area contributed by atoms with Gasteiger partial charge in [0.2, 0.25) is 10.2 Å². The minimum atomic E-state index is -2.73. The second-order valence-corrected chi connectivity index (χ2v) is 7.40. The van der Waals surface area contributed by atoms with Crippen molar-refractivity contribution in [2.45, 2.75) is 12.1 Å². The number of fused-ring (bicyclic) bond motifs is 1. The van der Waals surface area contributed by atoms with Crippen molar-refractivity contribution in [2.75, 3.05) is 23.5 Å². The molecule has 0 aliphatic carbocycles. The number of rotatable bonds is 2. The van der Waals surface area contributed by atoms with Crippen LogP contribution in [0.1, 0.15) is 0 Å². The molecule has 7 heteroatoms. The Morgan fingerprint density at radius 3 is 3.05 bits per heavy atom. The van der Waals surface area contributed by atoms with Crippen molar-refractivity contribution in [3.63, 3.8) is 0 Å². The molecule has 2 N–H and O–H groups in total. The van der Waals surface area contributed by atoms with Gasteiger partial charge in [0.1, 0.15) is 17.8 Å². The first-order valence-electron chi connectivity index (χ1n) is 5.96. The molecule has 2 saturated heterocycles. The van der Waals surface area contributed by atoms with E-state index >= 15 is 0 Å². The number of anilines is 1. The highest BCUT2D eigenvalue weighted by Gasteiger charge is 2.54. The molecular weight excluding hydrogens is 284 g/mol. The molecule has 3 atom stereocenters. The Morgan fingerprint density at radius 1 is 1.53 bits per heavy atom. The smallest absolute Gasteiger partial charge is 0.218 e. The third kappa shape index (κ3) is 2.22. The Kier molecular flexibility index (Phi) is 2.99. The topological polar surface area (TPSA) is 61.8 Å². The minimum absolute atomic E-state index is 0.0452. The first-order valence-corrected chi connectivity index (χ1v) is 8.22. The van der Waals surface area contributed by atoms with Gasteiger partial charge in [-0.1, -0.05) is 10.3 Å². The standard InChI is InChI=1S/C12H14N2O3S2/c1-17-9-4-2-3-8(5-9)14-11-7-19(15,16)6-10(11)13-12(14)18/h2-5,10-11H,6-7H2,1H3,(H-,13,15,16,18)/p+1/t10-,11-/m1/s1. The number of ether oxygens (including phenoxy) is 1. The summed E-state index contributed by atoms with van der Waals surface area (Å²) in [5.41, 5.74) is 0.890. The summed E-state index contributed by atoms with van der Waals surface area (Å²) >= 11 is 5.33. The summed E-state index contributed by atoms with van der Waals surface area (Å²) in [6, 6.07) is 7.45. The van der Waals surface area contributed by atoms with E-state index in [0.29, 0.717) is 5.11 Å². The van der Waals surface area contributed by atoms with Gasteiger partial charge in [-0.05, 0) is 24.4 Å². The van der Waals surface area contributed by atoms with Crippen LogP contribution in [0.4, 0.5) is 5.69 Å². The van der Waals surface area contributed by atoms with E-state index in [4.69, 9.17) is 17.0 Å². The zero-order valence-electron chi connectivity index (χ0n) is 10.4. The Balaban J connectivity index is 1.95. The molecule has 0 amide bonds. The molecule has 102 valence electrons. The summed E-state index contributed by atoms with van der Waals surface area (Å²) in [5, 5.41) is 3.74. The molecule has 0 radical (unpaired) electrons. The number of hydrogen-bond acceptors (Lipinski definition) is 3. The molecule has 3 rings (SSSR count). The van der Waals surface area contributed by atoms with Crippen molar-refractivity contribution < 1.29 is 13.5 Å². The van der Waals surface area contributed by atoms with Gasteiger partial charge in [0.15, 0.2) is 16.6 Å². The van der Waals surface area contributed by atoms with Crippen LogP contribution in [0.15, 0.2) is 24.3 Å². The third-order valence-electron chi connectivity index (χ3n) is 3.53. The fourth-order valence-corrected chi connectivity index (χ4v) is 4.99. The number of methoxy groups -OCH3 is 1. The zero-order chi connectivity index (χ0) is 13.6. The van der Waals surface area contributed by atoms with Gasteiger partial charge in [-0.3, -0.25) is 0 Å². The van der Waals surface area contributed by atoms with Crippen LogP contribution in [-0.2, 0) is 14.4 Å². The molecule has 2 heterocycles. The molecule has 5 nitrogen and oxygen atoms in total. The maximum Gasteiger partial charge on any atom is 0.218 e. The van der Waals surface area contributed by atoms with Crippen molar-refractivity contribution in [3.05, 3.63) is 24.3 Å². The number of thiocarbonyl (C=S) groups is 1. The van der Waals surface area contributed by atoms with Crippen molar-refractivity contribution in [1.29, 1.82) is 0 Å². The Hall–Kier alpha value is -1.18. The summed E-state index contributed by atoms with van der Waals surface area (Å²) in [7, 11) is -1.12. The number of hydrogen-bond donors (Lipinski definition) is 2. The number of benzene rings is 1. The van der Waals surface area contributed by atoms with Gasteiger partial charge >= 0.3 is 0 Å². The number of nitrogens with one attached hydrogen (secondary N) is 1. The lowest BCUT2D eigenvalue weighted by molar-refractivity contribution is 0.415. The van der Waals surface area contributed by atoms with Gasteiger partial charge in [-0.15, -0.1) is 0 Å². The Bertz CT molecular complexity index is 578. The van der Waals surface area contributed by atoms with Gasteiger partial charge in [-0.25, -0.2) is 0 Å². The van der Waals surface area contributed by atoms with Crippen molar-refractivity contribution in [3.8, 4) is 5.75 Å². The molecule has 1 unspecified atom stereocenters. The van der Waals surface area contributed by atoms with Gasteiger partial charge < -0.3 is 15.0 Å². The predicted molar refractivity (Wildman–Crippen MR) is 79.2 cm³/mol. The summed E-state index contributed by atoms with van der Waals surface area (Å²) in [6.07, 6.45) is 0. The van der Waals surface area contributed by atoms with Crippen LogP contribution in [0.25, 0.3) is 0 Å². The molecule has 1 aromatic rings. The highest BCUT2D eigenvalue weighted by atomic mass is 32.3. The van der Waals surface area contributed by atoms with E-state index in [2.05, 4.69) is 5.32 Å². The van der Waals surface area contributed by atoms with Gasteiger partial charge in [0.05, 0.1) is 7.11 Å². The fraction of sp³-hybridized carbons (Fsp3) is 0.417. The Morgan fingerprint density at radius 2 is 2.32 bits per heavy atom. The van der Waals surface area contributed by atoms with Gasteiger partial charge in [0.25, 0.3) is 0 Å². The average molecular weight is 299 g/mol. The van der Waals surface area contributed by atoms with Crippen LogP contribution in [0.2, 0.25) is 0 Å². The lowest BCUT2D eigenvalue weighted by Gasteiger charge is -2.22. The van der Waals surface area contributed by atoms with Crippen LogP contribution >= 0.6 is 12.2 Å². The molecule has 0 bridgehead atoms. The molecular formula is C12H15N2O3S2+. The molecule has 19 heavy (non-hydrogen) atoms. The molecule has 0 spiro atoms. The average Bonchev–Trinajstić information content (AvgIpc) is 2.79. The third-order valence-corrected chi connectivity index (χ3v) is 5.58. The molecule has 0 aromatic heterocycles. The lowest BCUT2D eigenvalue weighted by Crippen LogP contribution is -2.37. The van der Waals surface area contributed by atoms with Crippen LogP contribution in [0, 0.1) is 0 Å². The molecule has 1 aromatic carbocycles. The van der Waals surface area contributed by atoms with Crippen molar-refractivity contribution >= 4 is 33.2 Å². The normalized spacial score (nSPS) is 33.2. The lowest BCUT2D eigenvalue weighted by atomic mass is 10.1. The summed E-state index contributed by atoms with van der Waals surface area (Å²) < 4.78 is 26.8. The van der Waals surface area contributed by atoms with E-state index in [9.17, 15) is 8.76 Å². The molecule has 2 aliphatic rings. The van der Waals surface area contributed by atoms with E-state index in [1.54, 1.807) is 7.11 Å². The van der Waals surface area contributed by atoms with E-state index < -0.39 is 10.2 Å². The minimum Gasteiger partial charge on any atom is -0.497 e. The van der Waals surface area contributed by atoms with E-state index in [1.807, 2.05) is 29.2 Å².